The molecule has 1 atom stereocenters. The first-order valence-electron chi connectivity index (χ1n) is 9.21. The predicted octanol–water partition coefficient (Wildman–Crippen LogP) is 1.15. The van der Waals surface area contributed by atoms with Crippen molar-refractivity contribution in [3.8, 4) is 0 Å². The van der Waals surface area contributed by atoms with Gasteiger partial charge in [0.25, 0.3) is 0 Å². The maximum atomic E-state index is 5.48. The lowest BCUT2D eigenvalue weighted by molar-refractivity contribution is 0.00752. The van der Waals surface area contributed by atoms with Crippen LogP contribution in [0.1, 0.15) is 32.4 Å². The highest BCUT2D eigenvalue weighted by Gasteiger charge is 2.23. The summed E-state index contributed by atoms with van der Waals surface area (Å²) in [5.74, 6) is 3.15. The smallest absolute Gasteiger partial charge is 0.191 e. The van der Waals surface area contributed by atoms with Crippen LogP contribution >= 0.6 is 24.0 Å². The first-order valence-corrected chi connectivity index (χ1v) is 9.21. The molecule has 2 rings (SSSR count). The van der Waals surface area contributed by atoms with Crippen LogP contribution in [-0.4, -0.2) is 71.1 Å². The topological polar surface area (TPSA) is 79.6 Å². The molecule has 0 aromatic carbocycles. The standard InChI is InChI=1S/C17H33N7O.HI/c1-6-18-17(20-12-16-22-21-14(4)23(16)5)19-11-15(13(2)3)24-7-9-25-10-8-24;/h13,15H,6-12H2,1-5H3,(H2,18,19,20);1H. The molecule has 1 fully saturated rings. The van der Waals surface area contributed by atoms with Crippen molar-refractivity contribution in [2.75, 3.05) is 39.4 Å². The lowest BCUT2D eigenvalue weighted by Gasteiger charge is -2.37. The van der Waals surface area contributed by atoms with Crippen LogP contribution in [0.4, 0.5) is 0 Å². The van der Waals surface area contributed by atoms with E-state index in [1.54, 1.807) is 0 Å². The molecule has 2 heterocycles. The van der Waals surface area contributed by atoms with Crippen LogP contribution in [0.2, 0.25) is 0 Å². The summed E-state index contributed by atoms with van der Waals surface area (Å²) >= 11 is 0. The van der Waals surface area contributed by atoms with E-state index in [1.807, 2.05) is 18.5 Å². The van der Waals surface area contributed by atoms with Gasteiger partial charge in [0.05, 0.1) is 13.2 Å². The first-order chi connectivity index (χ1) is 12.0. The Morgan fingerprint density at radius 3 is 2.46 bits per heavy atom. The third kappa shape index (κ3) is 6.66. The zero-order chi connectivity index (χ0) is 18.2. The average Bonchev–Trinajstić information content (AvgIpc) is 2.92. The quantitative estimate of drug-likeness (QED) is 0.347. The molecule has 9 heteroatoms. The van der Waals surface area contributed by atoms with E-state index in [0.29, 0.717) is 18.5 Å². The van der Waals surface area contributed by atoms with Crippen molar-refractivity contribution < 1.29 is 4.74 Å². The summed E-state index contributed by atoms with van der Waals surface area (Å²) in [6.07, 6.45) is 0. The number of ether oxygens (including phenoxy) is 1. The Kier molecular flexibility index (Phi) is 10.4. The summed E-state index contributed by atoms with van der Waals surface area (Å²) < 4.78 is 7.45. The minimum atomic E-state index is 0. The number of hydrogen-bond acceptors (Lipinski definition) is 5. The van der Waals surface area contributed by atoms with Crippen molar-refractivity contribution in [2.24, 2.45) is 18.0 Å². The van der Waals surface area contributed by atoms with Gasteiger partial charge in [0.2, 0.25) is 0 Å². The zero-order valence-corrected chi connectivity index (χ0v) is 19.0. The number of halogens is 1. The lowest BCUT2D eigenvalue weighted by atomic mass is 10.0. The van der Waals surface area contributed by atoms with Crippen LogP contribution in [0.25, 0.3) is 0 Å². The van der Waals surface area contributed by atoms with Crippen molar-refractivity contribution in [2.45, 2.75) is 40.3 Å². The van der Waals surface area contributed by atoms with Gasteiger partial charge in [-0.2, -0.15) is 0 Å². The van der Waals surface area contributed by atoms with Gasteiger partial charge in [-0.25, -0.2) is 4.99 Å². The summed E-state index contributed by atoms with van der Waals surface area (Å²) in [4.78, 5) is 7.17. The van der Waals surface area contributed by atoms with E-state index >= 15 is 0 Å². The second kappa shape index (κ2) is 11.7. The molecule has 150 valence electrons. The zero-order valence-electron chi connectivity index (χ0n) is 16.7. The first kappa shape index (κ1) is 23.1. The Hall–Kier alpha value is -0.940. The van der Waals surface area contributed by atoms with Gasteiger partial charge in [-0.15, -0.1) is 34.2 Å². The fourth-order valence-corrected chi connectivity index (χ4v) is 2.98. The highest BCUT2D eigenvalue weighted by atomic mass is 127. The minimum Gasteiger partial charge on any atom is -0.379 e. The number of aromatic nitrogens is 3. The normalized spacial score (nSPS) is 17.1. The fourth-order valence-electron chi connectivity index (χ4n) is 2.98. The van der Waals surface area contributed by atoms with E-state index in [9.17, 15) is 0 Å². The molecule has 2 N–H and O–H groups in total. The third-order valence-electron chi connectivity index (χ3n) is 4.67. The number of hydrogen-bond donors (Lipinski definition) is 2. The molecule has 1 aliphatic rings. The molecular weight excluding hydrogens is 445 g/mol. The monoisotopic (exact) mass is 479 g/mol. The third-order valence-corrected chi connectivity index (χ3v) is 4.67. The molecule has 1 aliphatic heterocycles. The molecule has 26 heavy (non-hydrogen) atoms. The van der Waals surface area contributed by atoms with Crippen LogP contribution in [0.15, 0.2) is 4.99 Å². The Labute approximate surface area is 174 Å². The molecule has 0 aliphatic carbocycles. The molecule has 0 bridgehead atoms. The summed E-state index contributed by atoms with van der Waals surface area (Å²) in [5, 5.41) is 15.1. The maximum Gasteiger partial charge on any atom is 0.191 e. The van der Waals surface area contributed by atoms with Gasteiger partial charge < -0.3 is 19.9 Å². The van der Waals surface area contributed by atoms with E-state index in [-0.39, 0.29) is 24.0 Å². The van der Waals surface area contributed by atoms with E-state index in [4.69, 9.17) is 4.74 Å². The van der Waals surface area contributed by atoms with Gasteiger partial charge in [0.1, 0.15) is 12.4 Å². The number of rotatable bonds is 7. The lowest BCUT2D eigenvalue weighted by Crippen LogP contribution is -2.52. The van der Waals surface area contributed by atoms with Crippen molar-refractivity contribution in [1.82, 2.24) is 30.3 Å². The van der Waals surface area contributed by atoms with Crippen molar-refractivity contribution in [1.29, 1.82) is 0 Å². The van der Waals surface area contributed by atoms with Crippen LogP contribution in [0.3, 0.4) is 0 Å². The molecule has 0 spiro atoms. The van der Waals surface area contributed by atoms with E-state index < -0.39 is 0 Å². The number of nitrogens with one attached hydrogen (secondary N) is 2. The Morgan fingerprint density at radius 2 is 1.92 bits per heavy atom. The van der Waals surface area contributed by atoms with E-state index in [0.717, 1.165) is 57.0 Å². The van der Waals surface area contributed by atoms with Crippen molar-refractivity contribution in [3.05, 3.63) is 11.6 Å². The summed E-state index contributed by atoms with van der Waals surface area (Å²) in [6, 6.07) is 0.463. The number of aryl methyl sites for hydroxylation is 1. The Balaban J connectivity index is 0.00000338. The highest BCUT2D eigenvalue weighted by Crippen LogP contribution is 2.12. The Bertz CT molecular complexity index is 555. The second-order valence-electron chi connectivity index (χ2n) is 6.76. The molecular formula is C17H34IN7O. The average molecular weight is 479 g/mol. The van der Waals surface area contributed by atoms with E-state index in [1.165, 1.54) is 0 Å². The summed E-state index contributed by atoms with van der Waals surface area (Å²) in [6.45, 7) is 14.4. The summed E-state index contributed by atoms with van der Waals surface area (Å²) in [7, 11) is 1.97. The van der Waals surface area contributed by atoms with Crippen LogP contribution in [0.5, 0.6) is 0 Å². The Morgan fingerprint density at radius 1 is 1.23 bits per heavy atom. The van der Waals surface area contributed by atoms with Gasteiger partial charge >= 0.3 is 0 Å². The largest absolute Gasteiger partial charge is 0.379 e. The molecule has 1 unspecified atom stereocenters. The van der Waals surface area contributed by atoms with Gasteiger partial charge in [-0.05, 0) is 19.8 Å². The predicted molar refractivity (Wildman–Crippen MR) is 115 cm³/mol. The summed E-state index contributed by atoms with van der Waals surface area (Å²) in [5.41, 5.74) is 0. The number of aliphatic imine (C=N–C) groups is 1. The van der Waals surface area contributed by atoms with Gasteiger partial charge in [0, 0.05) is 39.3 Å². The van der Waals surface area contributed by atoms with E-state index in [2.05, 4.69) is 51.5 Å². The minimum absolute atomic E-state index is 0. The molecule has 0 amide bonds. The number of guanidine groups is 1. The van der Waals surface area contributed by atoms with Crippen LogP contribution < -0.4 is 10.6 Å². The molecule has 1 aromatic rings. The van der Waals surface area contributed by atoms with Crippen molar-refractivity contribution >= 4 is 29.9 Å². The maximum absolute atomic E-state index is 5.48. The fraction of sp³-hybridized carbons (Fsp3) is 0.824. The number of morpholine rings is 1. The van der Waals surface area contributed by atoms with Crippen LogP contribution in [-0.2, 0) is 18.3 Å². The number of nitrogens with zero attached hydrogens (tertiary/aromatic N) is 5. The van der Waals surface area contributed by atoms with Gasteiger partial charge in [-0.3, -0.25) is 4.90 Å². The highest BCUT2D eigenvalue weighted by molar-refractivity contribution is 14.0. The molecule has 1 saturated heterocycles. The van der Waals surface area contributed by atoms with Gasteiger partial charge in [-0.1, -0.05) is 13.8 Å². The molecule has 0 saturated carbocycles. The van der Waals surface area contributed by atoms with Crippen LogP contribution in [0, 0.1) is 12.8 Å². The molecule has 0 radical (unpaired) electrons. The van der Waals surface area contributed by atoms with Crippen molar-refractivity contribution in [3.63, 3.8) is 0 Å². The second-order valence-corrected chi connectivity index (χ2v) is 6.76. The van der Waals surface area contributed by atoms with Gasteiger partial charge in [0.15, 0.2) is 11.8 Å². The SMILES string of the molecule is CCNC(=NCc1nnc(C)n1C)NCC(C(C)C)N1CCOCC1.I. The molecule has 1 aromatic heterocycles. The molecule has 8 nitrogen and oxygen atoms in total.